The highest BCUT2D eigenvalue weighted by atomic mass is 28.4. The van der Waals surface area contributed by atoms with Crippen molar-refractivity contribution in [3.8, 4) is 0 Å². The Morgan fingerprint density at radius 1 is 0.844 bits per heavy atom. The van der Waals surface area contributed by atoms with Crippen molar-refractivity contribution in [3.63, 3.8) is 0 Å². The van der Waals surface area contributed by atoms with Crippen LogP contribution in [0.15, 0.2) is 72.3 Å². The molecule has 0 aliphatic rings. The van der Waals surface area contributed by atoms with Gasteiger partial charge in [-0.3, -0.25) is 4.79 Å². The van der Waals surface area contributed by atoms with Crippen molar-refractivity contribution < 1.29 is 23.5 Å². The molecule has 7 heteroatoms. The van der Waals surface area contributed by atoms with Crippen LogP contribution in [0.4, 0.5) is 0 Å². The summed E-state index contributed by atoms with van der Waals surface area (Å²) in [6.45, 7) is 26.8. The number of aliphatic hydroxyl groups excluding tert-OH is 1. The van der Waals surface area contributed by atoms with Crippen molar-refractivity contribution >= 4 is 32.8 Å². The molecule has 1 N–H and O–H groups in total. The average molecular weight is 655 g/mol. The number of allylic oxidation sites excluding steroid dienone is 1. The van der Waals surface area contributed by atoms with Gasteiger partial charge in [0.15, 0.2) is 14.1 Å². The zero-order chi connectivity index (χ0) is 34.2. The molecule has 0 bridgehead atoms. The zero-order valence-corrected chi connectivity index (χ0v) is 32.4. The summed E-state index contributed by atoms with van der Waals surface area (Å²) in [5.74, 6) is -0.760. The predicted molar refractivity (Wildman–Crippen MR) is 194 cm³/mol. The van der Waals surface area contributed by atoms with Gasteiger partial charge >= 0.3 is 0 Å². The highest BCUT2D eigenvalue weighted by Gasteiger charge is 2.50. The Bertz CT molecular complexity index is 1170. The number of Topliss-reactive ketones (excluding diaryl/α,β-unsaturated/α-hetero) is 1. The third-order valence-electron chi connectivity index (χ3n) is 10.0. The van der Waals surface area contributed by atoms with Crippen molar-refractivity contribution in [2.75, 3.05) is 20.3 Å². The molecular formula is C38H62O5Si2. The van der Waals surface area contributed by atoms with E-state index in [1.54, 1.807) is 7.11 Å². The molecule has 2 rings (SSSR count). The standard InChI is InChI=1S/C38H62O5Si2/c1-28(34(39)30(3)35(40)31(4)36(41-11)29(2)27-43-44(12,13)37(5,6)7)21-20-26-42-45(38(8,9)10,32-22-16-14-17-23-32)33-24-18-15-19-25-33/h14-19,21-25,29-31,35-36,40H,20,26-27H2,1-13H3/b28-21+/t29-,30+,31-,35-,36+/m0/s1. The van der Waals surface area contributed by atoms with Crippen LogP contribution in [0, 0.1) is 17.8 Å². The first-order valence-corrected chi connectivity index (χ1v) is 21.4. The number of rotatable bonds is 16. The number of hydrogen-bond donors (Lipinski definition) is 1. The normalized spacial score (nSPS) is 17.0. The van der Waals surface area contributed by atoms with E-state index >= 15 is 0 Å². The number of ketones is 1. The van der Waals surface area contributed by atoms with Gasteiger partial charge in [0.05, 0.1) is 12.2 Å². The van der Waals surface area contributed by atoms with Crippen LogP contribution >= 0.6 is 0 Å². The smallest absolute Gasteiger partial charge is 0.261 e. The van der Waals surface area contributed by atoms with Gasteiger partial charge in [0.2, 0.25) is 0 Å². The molecule has 5 nitrogen and oxygen atoms in total. The van der Waals surface area contributed by atoms with Crippen molar-refractivity contribution in [1.29, 1.82) is 0 Å². The van der Waals surface area contributed by atoms with E-state index in [0.717, 1.165) is 0 Å². The van der Waals surface area contributed by atoms with E-state index in [1.165, 1.54) is 10.4 Å². The van der Waals surface area contributed by atoms with Crippen LogP contribution in [0.5, 0.6) is 0 Å². The second kappa shape index (κ2) is 16.3. The number of ether oxygens (including phenoxy) is 1. The lowest BCUT2D eigenvalue weighted by atomic mass is 9.81. The maximum absolute atomic E-state index is 13.5. The molecular weight excluding hydrogens is 593 g/mol. The lowest BCUT2D eigenvalue weighted by Crippen LogP contribution is -2.66. The highest BCUT2D eigenvalue weighted by molar-refractivity contribution is 6.99. The number of carbonyl (C=O) groups is 1. The van der Waals surface area contributed by atoms with E-state index < -0.39 is 28.7 Å². The van der Waals surface area contributed by atoms with E-state index in [0.29, 0.717) is 25.2 Å². The molecule has 0 radical (unpaired) electrons. The molecule has 0 fully saturated rings. The molecule has 45 heavy (non-hydrogen) atoms. The molecule has 0 saturated heterocycles. The molecule has 0 heterocycles. The molecule has 5 atom stereocenters. The van der Waals surface area contributed by atoms with Gasteiger partial charge in [-0.2, -0.15) is 0 Å². The van der Waals surface area contributed by atoms with E-state index in [-0.39, 0.29) is 33.8 Å². The zero-order valence-electron chi connectivity index (χ0n) is 30.4. The quantitative estimate of drug-likeness (QED) is 0.114. The maximum Gasteiger partial charge on any atom is 0.261 e. The fraction of sp³-hybridized carbons (Fsp3) is 0.605. The first-order chi connectivity index (χ1) is 20.8. The minimum Gasteiger partial charge on any atom is -0.416 e. The Morgan fingerprint density at radius 3 is 1.76 bits per heavy atom. The average Bonchev–Trinajstić information content (AvgIpc) is 2.98. The lowest BCUT2D eigenvalue weighted by Gasteiger charge is -2.43. The van der Waals surface area contributed by atoms with Crippen LogP contribution in [0.3, 0.4) is 0 Å². The van der Waals surface area contributed by atoms with Crippen molar-refractivity contribution in [3.05, 3.63) is 72.3 Å². The fourth-order valence-corrected chi connectivity index (χ4v) is 11.8. The molecule has 0 saturated carbocycles. The summed E-state index contributed by atoms with van der Waals surface area (Å²) in [5.41, 5.74) is 0.656. The van der Waals surface area contributed by atoms with E-state index in [2.05, 4.69) is 110 Å². The van der Waals surface area contributed by atoms with Gasteiger partial charge in [0.25, 0.3) is 8.32 Å². The van der Waals surface area contributed by atoms with Gasteiger partial charge in [0.1, 0.15) is 0 Å². The minimum absolute atomic E-state index is 0.0418. The largest absolute Gasteiger partial charge is 0.416 e. The Morgan fingerprint density at radius 2 is 1.33 bits per heavy atom. The molecule has 0 aromatic heterocycles. The molecule has 0 aliphatic carbocycles. The number of methoxy groups -OCH3 is 1. The summed E-state index contributed by atoms with van der Waals surface area (Å²) >= 11 is 0. The summed E-state index contributed by atoms with van der Waals surface area (Å²) in [7, 11) is -2.86. The Hall–Kier alpha value is -1.88. The van der Waals surface area contributed by atoms with Gasteiger partial charge in [-0.1, -0.05) is 129 Å². The molecule has 0 unspecified atom stereocenters. The number of carbonyl (C=O) groups excluding carboxylic acids is 1. The Kier molecular flexibility index (Phi) is 14.2. The second-order valence-corrected chi connectivity index (χ2v) is 24.6. The number of benzene rings is 2. The monoisotopic (exact) mass is 654 g/mol. The van der Waals surface area contributed by atoms with Crippen LogP contribution in [-0.2, 0) is 18.4 Å². The minimum atomic E-state index is -2.64. The molecule has 2 aromatic rings. The third-order valence-corrected chi connectivity index (χ3v) is 19.6. The van der Waals surface area contributed by atoms with Crippen LogP contribution in [0.25, 0.3) is 0 Å². The van der Waals surface area contributed by atoms with Crippen LogP contribution in [-0.4, -0.2) is 60.1 Å². The molecule has 2 aromatic carbocycles. The topological polar surface area (TPSA) is 65.0 Å². The van der Waals surface area contributed by atoms with Crippen LogP contribution in [0.1, 0.15) is 75.7 Å². The summed E-state index contributed by atoms with van der Waals surface area (Å²) in [6, 6.07) is 21.2. The highest BCUT2D eigenvalue weighted by Crippen LogP contribution is 2.38. The lowest BCUT2D eigenvalue weighted by molar-refractivity contribution is -0.125. The van der Waals surface area contributed by atoms with Crippen molar-refractivity contribution in [1.82, 2.24) is 0 Å². The summed E-state index contributed by atoms with van der Waals surface area (Å²) in [4.78, 5) is 13.5. The van der Waals surface area contributed by atoms with E-state index in [1.807, 2.05) is 39.0 Å². The van der Waals surface area contributed by atoms with Crippen molar-refractivity contribution in [2.45, 2.75) is 111 Å². The van der Waals surface area contributed by atoms with E-state index in [4.69, 9.17) is 13.6 Å². The molecule has 0 amide bonds. The van der Waals surface area contributed by atoms with Gasteiger partial charge in [-0.15, -0.1) is 0 Å². The second-order valence-electron chi connectivity index (χ2n) is 15.4. The predicted octanol–water partition coefficient (Wildman–Crippen LogP) is 7.77. The Labute approximate surface area is 277 Å². The summed E-state index contributed by atoms with van der Waals surface area (Å²) in [6.07, 6.45) is 1.51. The fourth-order valence-electron chi connectivity index (χ4n) is 6.13. The van der Waals surface area contributed by atoms with Gasteiger partial charge in [-0.25, -0.2) is 0 Å². The van der Waals surface area contributed by atoms with Gasteiger partial charge in [-0.05, 0) is 52.5 Å². The number of hydrogen-bond acceptors (Lipinski definition) is 5. The summed E-state index contributed by atoms with van der Waals surface area (Å²) < 4.78 is 19.3. The molecule has 0 spiro atoms. The first kappa shape index (κ1) is 39.3. The number of aliphatic hydroxyl groups is 1. The van der Waals surface area contributed by atoms with Crippen molar-refractivity contribution in [2.24, 2.45) is 17.8 Å². The first-order valence-electron chi connectivity index (χ1n) is 16.6. The summed E-state index contributed by atoms with van der Waals surface area (Å²) in [5, 5.41) is 13.8. The third kappa shape index (κ3) is 9.58. The molecule has 0 aliphatic heterocycles. The van der Waals surface area contributed by atoms with Gasteiger partial charge < -0.3 is 18.7 Å². The van der Waals surface area contributed by atoms with E-state index in [9.17, 15) is 9.90 Å². The van der Waals surface area contributed by atoms with Crippen LogP contribution < -0.4 is 10.4 Å². The Balaban J connectivity index is 2.14. The SMILES string of the molecule is CO[C@@H]([C@@H](C)[C@@H](O)[C@H](C)C(=O)/C(C)=C/CCO[Si](c1ccccc1)(c1ccccc1)C(C)(C)C)[C@@H](C)CO[Si](C)(C)C(C)(C)C. The van der Waals surface area contributed by atoms with Gasteiger partial charge in [0, 0.05) is 38.1 Å². The maximum atomic E-state index is 13.5. The molecule has 252 valence electrons. The van der Waals surface area contributed by atoms with Crippen LogP contribution in [0.2, 0.25) is 23.2 Å².